The predicted molar refractivity (Wildman–Crippen MR) is 227 cm³/mol. The minimum Gasteiger partial charge on any atom is -0.490 e. The Morgan fingerprint density at radius 2 is 1.68 bits per heavy atom. The van der Waals surface area contributed by atoms with Gasteiger partial charge < -0.3 is 38.6 Å². The van der Waals surface area contributed by atoms with Crippen molar-refractivity contribution in [1.82, 2.24) is 9.62 Å². The van der Waals surface area contributed by atoms with Gasteiger partial charge in [-0.05, 0) is 80.1 Å². The van der Waals surface area contributed by atoms with E-state index >= 15 is 0 Å². The summed E-state index contributed by atoms with van der Waals surface area (Å²) in [5.41, 5.74) is 5.79. The number of anilines is 1. The number of rotatable bonds is 20. The number of carbonyl (C=O) groups excluding carboxylic acids is 1. The van der Waals surface area contributed by atoms with Crippen molar-refractivity contribution in [2.24, 2.45) is 0 Å². The SMILES string of the molecule is CCO[C@H](C)COCc1ccc([C@H]2C[C@H](CNC(=O)OCc3ccccc3)N(S(=O)(=O)c3ccc(C)cc3)C[C@@H]2OCc2ccc3c(c2)N(CCCOC)CCO3)cc1. The number of fused-ring (bicyclic) bond motifs is 1. The number of amides is 1. The number of sulfonamides is 1. The molecule has 4 aromatic carbocycles. The van der Waals surface area contributed by atoms with Crippen LogP contribution in [0.4, 0.5) is 10.5 Å². The second-order valence-electron chi connectivity index (χ2n) is 15.2. The van der Waals surface area contributed by atoms with Gasteiger partial charge >= 0.3 is 6.09 Å². The Balaban J connectivity index is 1.26. The van der Waals surface area contributed by atoms with E-state index < -0.39 is 28.3 Å². The van der Waals surface area contributed by atoms with Crippen LogP contribution in [0.5, 0.6) is 5.75 Å². The fraction of sp³-hybridized carbons (Fsp3) is 0.457. The van der Waals surface area contributed by atoms with Crippen LogP contribution in [0.2, 0.25) is 0 Å². The van der Waals surface area contributed by atoms with Crippen molar-refractivity contribution < 1.29 is 41.6 Å². The number of aryl methyl sites for hydroxylation is 1. The molecule has 59 heavy (non-hydrogen) atoms. The highest BCUT2D eigenvalue weighted by molar-refractivity contribution is 7.89. The summed E-state index contributed by atoms with van der Waals surface area (Å²) in [6.07, 6.45) is 0.148. The largest absolute Gasteiger partial charge is 0.490 e. The maximum atomic E-state index is 14.5. The molecule has 4 aromatic rings. The van der Waals surface area contributed by atoms with Gasteiger partial charge in [-0.1, -0.05) is 78.4 Å². The maximum absolute atomic E-state index is 14.5. The molecule has 4 atom stereocenters. The van der Waals surface area contributed by atoms with E-state index in [0.29, 0.717) is 39.5 Å². The maximum Gasteiger partial charge on any atom is 0.407 e. The van der Waals surface area contributed by atoms with Crippen molar-refractivity contribution in [3.8, 4) is 5.75 Å². The molecule has 318 valence electrons. The molecule has 2 aliphatic rings. The van der Waals surface area contributed by atoms with E-state index in [2.05, 4.69) is 28.4 Å². The molecule has 1 fully saturated rings. The number of nitrogens with zero attached hydrogens (tertiary/aromatic N) is 2. The predicted octanol–water partition coefficient (Wildman–Crippen LogP) is 7.23. The van der Waals surface area contributed by atoms with Crippen molar-refractivity contribution in [3.63, 3.8) is 0 Å². The molecule has 0 saturated carbocycles. The first-order chi connectivity index (χ1) is 28.6. The molecule has 2 aliphatic heterocycles. The topological polar surface area (TPSA) is 125 Å². The minimum absolute atomic E-state index is 0.00101. The lowest BCUT2D eigenvalue weighted by molar-refractivity contribution is -0.0196. The summed E-state index contributed by atoms with van der Waals surface area (Å²) in [6, 6.07) is 30.0. The van der Waals surface area contributed by atoms with Gasteiger partial charge in [-0.3, -0.25) is 0 Å². The van der Waals surface area contributed by atoms with Gasteiger partial charge in [-0.25, -0.2) is 13.2 Å². The quantitative estimate of drug-likeness (QED) is 0.0913. The third-order valence-electron chi connectivity index (χ3n) is 10.8. The molecule has 12 nitrogen and oxygen atoms in total. The average Bonchev–Trinajstić information content (AvgIpc) is 3.25. The zero-order valence-corrected chi connectivity index (χ0v) is 35.5. The Bertz CT molecular complexity index is 2020. The van der Waals surface area contributed by atoms with Crippen molar-refractivity contribution >= 4 is 21.8 Å². The summed E-state index contributed by atoms with van der Waals surface area (Å²) in [5, 5.41) is 2.87. The lowest BCUT2D eigenvalue weighted by atomic mass is 9.83. The van der Waals surface area contributed by atoms with E-state index in [-0.39, 0.29) is 43.2 Å². The number of carbonyl (C=O) groups is 1. The summed E-state index contributed by atoms with van der Waals surface area (Å²) in [5.74, 6) is 0.628. The molecule has 0 spiro atoms. The highest BCUT2D eigenvalue weighted by Gasteiger charge is 2.43. The monoisotopic (exact) mass is 829 g/mol. The van der Waals surface area contributed by atoms with Crippen molar-refractivity contribution in [3.05, 3.63) is 125 Å². The first kappa shape index (κ1) is 44.1. The van der Waals surface area contributed by atoms with E-state index in [9.17, 15) is 13.2 Å². The fourth-order valence-electron chi connectivity index (χ4n) is 7.62. The van der Waals surface area contributed by atoms with E-state index in [1.54, 1.807) is 31.4 Å². The van der Waals surface area contributed by atoms with Gasteiger partial charge in [-0.2, -0.15) is 4.31 Å². The van der Waals surface area contributed by atoms with E-state index in [1.807, 2.05) is 75.4 Å². The van der Waals surface area contributed by atoms with Crippen LogP contribution < -0.4 is 15.0 Å². The molecule has 1 amide bonds. The van der Waals surface area contributed by atoms with Crippen molar-refractivity contribution in [2.75, 3.05) is 64.6 Å². The molecule has 0 aliphatic carbocycles. The fourth-order valence-corrected chi connectivity index (χ4v) is 9.26. The van der Waals surface area contributed by atoms with Gasteiger partial charge in [0.1, 0.15) is 19.0 Å². The Labute approximate surface area is 349 Å². The van der Waals surface area contributed by atoms with Gasteiger partial charge in [0.05, 0.1) is 49.2 Å². The molecule has 13 heteroatoms. The van der Waals surface area contributed by atoms with Crippen LogP contribution in [-0.2, 0) is 53.5 Å². The third-order valence-corrected chi connectivity index (χ3v) is 12.7. The second kappa shape index (κ2) is 21.7. The van der Waals surface area contributed by atoms with E-state index in [1.165, 1.54) is 4.31 Å². The molecule has 0 bridgehead atoms. The summed E-state index contributed by atoms with van der Waals surface area (Å²) in [7, 11) is -2.30. The summed E-state index contributed by atoms with van der Waals surface area (Å²) < 4.78 is 65.7. The van der Waals surface area contributed by atoms with E-state index in [0.717, 1.165) is 58.8 Å². The number of hydrogen-bond donors (Lipinski definition) is 1. The number of hydrogen-bond acceptors (Lipinski definition) is 10. The molecule has 0 radical (unpaired) electrons. The van der Waals surface area contributed by atoms with Gasteiger partial charge in [0, 0.05) is 51.9 Å². The number of alkyl carbamates (subject to hydrolysis) is 1. The standard InChI is InChI=1S/C46H59N3O9S/c1-5-55-35(3)30-54-31-37-14-17-39(18-15-37)42-27-40(28-47-46(50)58-32-36-10-7-6-8-11-36)49(59(51,52)41-19-12-34(2)13-20-41)29-45(42)57-33-38-16-21-44-43(26-38)48(23-25-56-44)22-9-24-53-4/h6-8,10-21,26,35,40,42,45H,5,9,22-25,27-33H2,1-4H3,(H,47,50)/t35-,40-,42-,45+/m1/s1. The number of benzene rings is 4. The van der Waals surface area contributed by atoms with Gasteiger partial charge in [0.2, 0.25) is 10.0 Å². The Hall–Kier alpha value is -4.50. The molecule has 2 heterocycles. The van der Waals surface area contributed by atoms with E-state index in [4.69, 9.17) is 28.4 Å². The van der Waals surface area contributed by atoms with Gasteiger partial charge in [0.25, 0.3) is 0 Å². The zero-order chi connectivity index (χ0) is 41.6. The van der Waals surface area contributed by atoms with Crippen molar-refractivity contribution in [1.29, 1.82) is 0 Å². The molecular weight excluding hydrogens is 771 g/mol. The average molecular weight is 830 g/mol. The van der Waals surface area contributed by atoms with Crippen molar-refractivity contribution in [2.45, 2.75) is 82.5 Å². The molecule has 1 N–H and O–H groups in total. The molecule has 1 saturated heterocycles. The number of methoxy groups -OCH3 is 1. The summed E-state index contributed by atoms with van der Waals surface area (Å²) >= 11 is 0. The number of nitrogens with one attached hydrogen (secondary N) is 1. The molecule has 0 aromatic heterocycles. The van der Waals surface area contributed by atoms with Crippen LogP contribution in [0.25, 0.3) is 0 Å². The van der Waals surface area contributed by atoms with Crippen LogP contribution in [0.1, 0.15) is 60.4 Å². The van der Waals surface area contributed by atoms with Crippen LogP contribution in [0, 0.1) is 6.92 Å². The number of piperidine rings is 1. The third kappa shape index (κ3) is 12.3. The summed E-state index contributed by atoms with van der Waals surface area (Å²) in [6.45, 7) is 10.8. The smallest absolute Gasteiger partial charge is 0.407 e. The highest BCUT2D eigenvalue weighted by atomic mass is 32.2. The van der Waals surface area contributed by atoms with Gasteiger partial charge in [-0.15, -0.1) is 0 Å². The molecular formula is C46H59N3O9S. The zero-order valence-electron chi connectivity index (χ0n) is 34.7. The first-order valence-corrected chi connectivity index (χ1v) is 22.0. The minimum atomic E-state index is -4.01. The lowest BCUT2D eigenvalue weighted by Crippen LogP contribution is -2.55. The Morgan fingerprint density at radius 3 is 2.42 bits per heavy atom. The van der Waals surface area contributed by atoms with Crippen LogP contribution in [0.15, 0.2) is 102 Å². The van der Waals surface area contributed by atoms with Gasteiger partial charge in [0.15, 0.2) is 0 Å². The number of ether oxygens (including phenoxy) is 6. The first-order valence-electron chi connectivity index (χ1n) is 20.6. The van der Waals surface area contributed by atoms with Crippen LogP contribution in [0.3, 0.4) is 0 Å². The lowest BCUT2D eigenvalue weighted by Gasteiger charge is -2.43. The Kier molecular flexibility index (Phi) is 16.2. The Morgan fingerprint density at radius 1 is 0.932 bits per heavy atom. The molecule has 0 unspecified atom stereocenters. The van der Waals surface area contributed by atoms with Crippen LogP contribution in [-0.4, -0.2) is 96.8 Å². The summed E-state index contributed by atoms with van der Waals surface area (Å²) in [4.78, 5) is 15.5. The highest BCUT2D eigenvalue weighted by Crippen LogP contribution is 2.38. The van der Waals surface area contributed by atoms with Crippen LogP contribution >= 0.6 is 0 Å². The normalized spacial score (nSPS) is 18.8. The molecule has 6 rings (SSSR count). The second-order valence-corrected chi connectivity index (χ2v) is 17.1.